The Morgan fingerprint density at radius 2 is 2.32 bits per heavy atom. The minimum Gasteiger partial charge on any atom is -0.495 e. The quantitative estimate of drug-likeness (QED) is 0.884. The summed E-state index contributed by atoms with van der Waals surface area (Å²) < 4.78 is 27.7. The Bertz CT molecular complexity index is 605. The number of nitrogens with zero attached hydrogens (tertiary/aromatic N) is 1. The van der Waals surface area contributed by atoms with Gasteiger partial charge in [0.2, 0.25) is 0 Å². The van der Waals surface area contributed by atoms with E-state index in [1.54, 1.807) is 12.1 Å². The van der Waals surface area contributed by atoms with Crippen LogP contribution in [-0.2, 0) is 16.4 Å². The second kappa shape index (κ2) is 5.59. The van der Waals surface area contributed by atoms with Crippen LogP contribution < -0.4 is 10.1 Å². The molecule has 1 aromatic carbocycles. The highest BCUT2D eigenvalue weighted by molar-refractivity contribution is 7.91. The molecule has 0 aromatic heterocycles. The number of benzene rings is 1. The fraction of sp³-hybridized carbons (Fsp3) is 0.462. The van der Waals surface area contributed by atoms with Crippen LogP contribution in [0.4, 0.5) is 0 Å². The van der Waals surface area contributed by atoms with E-state index >= 15 is 0 Å². The Labute approximate surface area is 113 Å². The highest BCUT2D eigenvalue weighted by Crippen LogP contribution is 2.19. The molecule has 1 heterocycles. The van der Waals surface area contributed by atoms with Gasteiger partial charge in [0.15, 0.2) is 9.84 Å². The average molecular weight is 280 g/mol. The molecule has 5 nitrogen and oxygen atoms in total. The summed E-state index contributed by atoms with van der Waals surface area (Å²) in [6.45, 7) is 0.554. The third kappa shape index (κ3) is 3.46. The summed E-state index contributed by atoms with van der Waals surface area (Å²) in [6, 6.07) is 7.47. The first kappa shape index (κ1) is 13.8. The van der Waals surface area contributed by atoms with E-state index in [0.717, 1.165) is 5.56 Å². The van der Waals surface area contributed by atoms with E-state index in [-0.39, 0.29) is 17.5 Å². The fourth-order valence-corrected chi connectivity index (χ4v) is 3.88. The third-order valence-corrected chi connectivity index (χ3v) is 4.98. The highest BCUT2D eigenvalue weighted by atomic mass is 32.2. The molecule has 0 bridgehead atoms. The molecule has 2 rings (SSSR count). The van der Waals surface area contributed by atoms with Gasteiger partial charge in [0.25, 0.3) is 0 Å². The van der Waals surface area contributed by atoms with Crippen LogP contribution in [-0.4, -0.2) is 33.1 Å². The van der Waals surface area contributed by atoms with Crippen molar-refractivity contribution in [2.75, 3.05) is 18.6 Å². The second-order valence-corrected chi connectivity index (χ2v) is 6.86. The zero-order valence-electron chi connectivity index (χ0n) is 10.7. The molecule has 0 radical (unpaired) electrons. The zero-order valence-corrected chi connectivity index (χ0v) is 11.5. The molecule has 1 atom stereocenters. The fourth-order valence-electron chi connectivity index (χ4n) is 2.17. The highest BCUT2D eigenvalue weighted by Gasteiger charge is 2.27. The van der Waals surface area contributed by atoms with Crippen LogP contribution in [0.3, 0.4) is 0 Å². The molecule has 1 aliphatic rings. The van der Waals surface area contributed by atoms with Crippen molar-refractivity contribution in [3.63, 3.8) is 0 Å². The molecule has 1 saturated heterocycles. The second-order valence-electron chi connectivity index (χ2n) is 4.63. The smallest absolute Gasteiger partial charge is 0.151 e. The average Bonchev–Trinajstić information content (AvgIpc) is 2.75. The minimum atomic E-state index is -2.86. The van der Waals surface area contributed by atoms with Crippen LogP contribution in [0.5, 0.6) is 5.75 Å². The van der Waals surface area contributed by atoms with Crippen LogP contribution in [0, 0.1) is 11.3 Å². The van der Waals surface area contributed by atoms with E-state index in [0.29, 0.717) is 24.3 Å². The number of nitrogens with one attached hydrogen (secondary N) is 1. The van der Waals surface area contributed by atoms with Crippen molar-refractivity contribution in [3.8, 4) is 11.8 Å². The minimum absolute atomic E-state index is 0.0117. The van der Waals surface area contributed by atoms with E-state index in [2.05, 4.69) is 11.4 Å². The van der Waals surface area contributed by atoms with Crippen molar-refractivity contribution in [3.05, 3.63) is 29.3 Å². The maximum atomic E-state index is 11.3. The molecule has 0 aliphatic carbocycles. The number of ether oxygens (including phenoxy) is 1. The number of nitriles is 1. The topological polar surface area (TPSA) is 79.2 Å². The molecule has 19 heavy (non-hydrogen) atoms. The van der Waals surface area contributed by atoms with Gasteiger partial charge < -0.3 is 10.1 Å². The lowest BCUT2D eigenvalue weighted by Gasteiger charge is -2.11. The van der Waals surface area contributed by atoms with E-state index < -0.39 is 9.84 Å². The van der Waals surface area contributed by atoms with Crippen LogP contribution >= 0.6 is 0 Å². The van der Waals surface area contributed by atoms with Crippen molar-refractivity contribution in [1.29, 1.82) is 5.26 Å². The monoisotopic (exact) mass is 280 g/mol. The van der Waals surface area contributed by atoms with Gasteiger partial charge in [0.1, 0.15) is 11.8 Å². The van der Waals surface area contributed by atoms with E-state index in [1.807, 2.05) is 6.07 Å². The van der Waals surface area contributed by atoms with Gasteiger partial charge in [-0.05, 0) is 24.1 Å². The molecule has 102 valence electrons. The Morgan fingerprint density at radius 1 is 1.53 bits per heavy atom. The number of sulfone groups is 1. The van der Waals surface area contributed by atoms with Gasteiger partial charge >= 0.3 is 0 Å². The Hall–Kier alpha value is -1.58. The summed E-state index contributed by atoms with van der Waals surface area (Å²) in [5, 5.41) is 12.2. The number of methoxy groups -OCH3 is 1. The summed E-state index contributed by atoms with van der Waals surface area (Å²) in [7, 11) is -1.33. The van der Waals surface area contributed by atoms with Crippen LogP contribution in [0.1, 0.15) is 17.5 Å². The number of hydrogen-bond acceptors (Lipinski definition) is 5. The first-order chi connectivity index (χ1) is 9.04. The number of hydrogen-bond donors (Lipinski definition) is 1. The molecule has 0 amide bonds. The lowest BCUT2D eigenvalue weighted by atomic mass is 10.1. The molecule has 0 spiro atoms. The predicted octanol–water partition coefficient (Wildman–Crippen LogP) is 0.844. The molecular weight excluding hydrogens is 264 g/mol. The number of rotatable bonds is 4. The lowest BCUT2D eigenvalue weighted by Crippen LogP contribution is -2.29. The van der Waals surface area contributed by atoms with Gasteiger partial charge in [-0.15, -0.1) is 0 Å². The van der Waals surface area contributed by atoms with Gasteiger partial charge in [0, 0.05) is 12.6 Å². The van der Waals surface area contributed by atoms with E-state index in [4.69, 9.17) is 10.00 Å². The van der Waals surface area contributed by atoms with Crippen molar-refractivity contribution in [2.45, 2.75) is 19.0 Å². The molecule has 1 aromatic rings. The van der Waals surface area contributed by atoms with Crippen molar-refractivity contribution >= 4 is 9.84 Å². The van der Waals surface area contributed by atoms with Gasteiger partial charge in [-0.1, -0.05) is 6.07 Å². The first-order valence-corrected chi connectivity index (χ1v) is 7.87. The summed E-state index contributed by atoms with van der Waals surface area (Å²) >= 11 is 0. The van der Waals surface area contributed by atoms with E-state index in [9.17, 15) is 8.42 Å². The predicted molar refractivity (Wildman–Crippen MR) is 71.6 cm³/mol. The standard InChI is InChI=1S/C13H16N2O3S/c1-18-13-3-2-10(6-11(13)7-14)8-15-12-4-5-19(16,17)9-12/h2-3,6,12,15H,4-5,8-9H2,1H3. The van der Waals surface area contributed by atoms with Crippen molar-refractivity contribution < 1.29 is 13.2 Å². The molecule has 1 aliphatic heterocycles. The maximum Gasteiger partial charge on any atom is 0.151 e. The zero-order chi connectivity index (χ0) is 13.9. The Kier molecular flexibility index (Phi) is 4.08. The third-order valence-electron chi connectivity index (χ3n) is 3.21. The summed E-state index contributed by atoms with van der Waals surface area (Å²) in [5.74, 6) is 1.01. The van der Waals surface area contributed by atoms with Crippen LogP contribution in [0.15, 0.2) is 18.2 Å². The first-order valence-electron chi connectivity index (χ1n) is 6.05. The summed E-state index contributed by atoms with van der Waals surface area (Å²) in [6.07, 6.45) is 0.656. The summed E-state index contributed by atoms with van der Waals surface area (Å²) in [4.78, 5) is 0. The summed E-state index contributed by atoms with van der Waals surface area (Å²) in [5.41, 5.74) is 1.43. The molecule has 6 heteroatoms. The van der Waals surface area contributed by atoms with Gasteiger partial charge in [-0.2, -0.15) is 5.26 Å². The van der Waals surface area contributed by atoms with Gasteiger partial charge in [-0.3, -0.25) is 0 Å². The lowest BCUT2D eigenvalue weighted by molar-refractivity contribution is 0.413. The largest absolute Gasteiger partial charge is 0.495 e. The van der Waals surface area contributed by atoms with Crippen LogP contribution in [0.25, 0.3) is 0 Å². The molecule has 1 N–H and O–H groups in total. The van der Waals surface area contributed by atoms with E-state index in [1.165, 1.54) is 7.11 Å². The van der Waals surface area contributed by atoms with Crippen molar-refractivity contribution in [1.82, 2.24) is 5.32 Å². The molecule has 1 fully saturated rings. The van der Waals surface area contributed by atoms with Gasteiger partial charge in [-0.25, -0.2) is 8.42 Å². The SMILES string of the molecule is COc1ccc(CNC2CCS(=O)(=O)C2)cc1C#N. The van der Waals surface area contributed by atoms with Crippen molar-refractivity contribution in [2.24, 2.45) is 0 Å². The van der Waals surface area contributed by atoms with Gasteiger partial charge in [0.05, 0.1) is 24.2 Å². The van der Waals surface area contributed by atoms with Crippen LogP contribution in [0.2, 0.25) is 0 Å². The maximum absolute atomic E-state index is 11.3. The molecular formula is C13H16N2O3S. The normalized spacial score (nSPS) is 20.9. The Balaban J connectivity index is 1.99. The molecule has 1 unspecified atom stereocenters. The Morgan fingerprint density at radius 3 is 2.89 bits per heavy atom. The molecule has 0 saturated carbocycles.